The standard InChI is InChI=1S/C24H32N4O5/c1-7-9-19-20-21(27(6)26-19)22(29)28(16(3)25-20)14-15-32-17-10-12-18(13-11-17)33-24(4,5)23(30)31-8-2/h10-13H,7-9,14-15H2,1-6H3. The number of nitrogens with zero attached hydrogens (tertiary/aromatic N) is 4. The molecule has 0 bridgehead atoms. The Hall–Kier alpha value is -3.36. The van der Waals surface area contributed by atoms with Gasteiger partial charge < -0.3 is 14.2 Å². The zero-order valence-corrected chi connectivity index (χ0v) is 20.2. The molecule has 2 heterocycles. The van der Waals surface area contributed by atoms with Crippen molar-refractivity contribution >= 4 is 17.0 Å². The summed E-state index contributed by atoms with van der Waals surface area (Å²) in [7, 11) is 1.77. The van der Waals surface area contributed by atoms with E-state index in [1.165, 1.54) is 0 Å². The van der Waals surface area contributed by atoms with Crippen LogP contribution in [0.5, 0.6) is 11.5 Å². The molecule has 0 radical (unpaired) electrons. The lowest BCUT2D eigenvalue weighted by molar-refractivity contribution is -0.158. The number of esters is 1. The topological polar surface area (TPSA) is 97.5 Å². The molecule has 9 heteroatoms. The number of benzene rings is 1. The summed E-state index contributed by atoms with van der Waals surface area (Å²) in [6.45, 7) is 9.92. The number of rotatable bonds is 10. The SMILES string of the molecule is CCCc1nn(C)c2c(=O)n(CCOc3ccc(OC(C)(C)C(=O)OCC)cc3)c(C)nc12. The molecule has 0 aliphatic heterocycles. The Morgan fingerprint density at radius 1 is 1.12 bits per heavy atom. The molecule has 0 unspecified atom stereocenters. The summed E-state index contributed by atoms with van der Waals surface area (Å²) in [4.78, 5) is 29.7. The van der Waals surface area contributed by atoms with E-state index in [0.29, 0.717) is 48.1 Å². The van der Waals surface area contributed by atoms with Gasteiger partial charge in [0.1, 0.15) is 29.4 Å². The molecule has 0 aliphatic rings. The van der Waals surface area contributed by atoms with Crippen molar-refractivity contribution in [3.8, 4) is 11.5 Å². The first kappa shape index (κ1) is 24.3. The minimum Gasteiger partial charge on any atom is -0.492 e. The van der Waals surface area contributed by atoms with Crippen LogP contribution in [0, 0.1) is 6.92 Å². The maximum atomic E-state index is 13.1. The van der Waals surface area contributed by atoms with Gasteiger partial charge in [-0.15, -0.1) is 0 Å². The molecule has 0 fully saturated rings. The van der Waals surface area contributed by atoms with E-state index >= 15 is 0 Å². The third-order valence-electron chi connectivity index (χ3n) is 5.24. The van der Waals surface area contributed by atoms with Gasteiger partial charge in [0.05, 0.1) is 18.8 Å². The van der Waals surface area contributed by atoms with Gasteiger partial charge in [-0.3, -0.25) is 14.0 Å². The molecule has 0 atom stereocenters. The van der Waals surface area contributed by atoms with E-state index in [0.717, 1.165) is 18.5 Å². The van der Waals surface area contributed by atoms with Gasteiger partial charge in [-0.25, -0.2) is 9.78 Å². The summed E-state index contributed by atoms with van der Waals surface area (Å²) >= 11 is 0. The Labute approximate surface area is 193 Å². The Morgan fingerprint density at radius 3 is 2.42 bits per heavy atom. The third-order valence-corrected chi connectivity index (χ3v) is 5.24. The van der Waals surface area contributed by atoms with Crippen LogP contribution in [0.1, 0.15) is 45.6 Å². The molecule has 33 heavy (non-hydrogen) atoms. The van der Waals surface area contributed by atoms with Crippen LogP contribution in [-0.4, -0.2) is 44.1 Å². The van der Waals surface area contributed by atoms with Crippen molar-refractivity contribution < 1.29 is 19.0 Å². The van der Waals surface area contributed by atoms with E-state index < -0.39 is 11.6 Å². The predicted molar refractivity (Wildman–Crippen MR) is 125 cm³/mol. The van der Waals surface area contributed by atoms with Crippen molar-refractivity contribution in [1.82, 2.24) is 19.3 Å². The first-order valence-electron chi connectivity index (χ1n) is 11.2. The number of hydrogen-bond donors (Lipinski definition) is 0. The average Bonchev–Trinajstić information content (AvgIpc) is 3.06. The van der Waals surface area contributed by atoms with Crippen molar-refractivity contribution in [2.75, 3.05) is 13.2 Å². The van der Waals surface area contributed by atoms with Crippen molar-refractivity contribution in [1.29, 1.82) is 0 Å². The fraction of sp³-hybridized carbons (Fsp3) is 0.500. The highest BCUT2D eigenvalue weighted by molar-refractivity contribution is 5.79. The van der Waals surface area contributed by atoms with E-state index in [-0.39, 0.29) is 5.56 Å². The fourth-order valence-corrected chi connectivity index (χ4v) is 3.59. The maximum absolute atomic E-state index is 13.1. The minimum absolute atomic E-state index is 0.122. The van der Waals surface area contributed by atoms with Gasteiger partial charge in [-0.2, -0.15) is 5.10 Å². The smallest absolute Gasteiger partial charge is 0.349 e. The van der Waals surface area contributed by atoms with Crippen molar-refractivity contribution in [3.05, 3.63) is 46.1 Å². The molecule has 0 saturated carbocycles. The molecule has 0 saturated heterocycles. The lowest BCUT2D eigenvalue weighted by Crippen LogP contribution is -2.39. The van der Waals surface area contributed by atoms with Gasteiger partial charge in [0, 0.05) is 7.05 Å². The number of aryl methyl sites for hydroxylation is 3. The molecule has 3 aromatic rings. The van der Waals surface area contributed by atoms with Gasteiger partial charge in [0.2, 0.25) is 0 Å². The quantitative estimate of drug-likeness (QED) is 0.432. The highest BCUT2D eigenvalue weighted by atomic mass is 16.6. The van der Waals surface area contributed by atoms with Crippen LogP contribution >= 0.6 is 0 Å². The summed E-state index contributed by atoms with van der Waals surface area (Å²) in [6, 6.07) is 6.97. The lowest BCUT2D eigenvalue weighted by atomic mass is 10.1. The zero-order chi connectivity index (χ0) is 24.2. The van der Waals surface area contributed by atoms with Crippen LogP contribution in [-0.2, 0) is 29.5 Å². The number of aromatic nitrogens is 4. The Morgan fingerprint density at radius 2 is 1.79 bits per heavy atom. The molecule has 0 spiro atoms. The normalized spacial score (nSPS) is 11.6. The van der Waals surface area contributed by atoms with Crippen LogP contribution < -0.4 is 15.0 Å². The van der Waals surface area contributed by atoms with Crippen molar-refractivity contribution in [2.45, 2.75) is 59.6 Å². The lowest BCUT2D eigenvalue weighted by Gasteiger charge is -2.24. The van der Waals surface area contributed by atoms with Gasteiger partial charge in [-0.1, -0.05) is 13.3 Å². The van der Waals surface area contributed by atoms with Crippen LogP contribution in [0.2, 0.25) is 0 Å². The van der Waals surface area contributed by atoms with E-state index in [1.54, 1.807) is 61.3 Å². The van der Waals surface area contributed by atoms with E-state index in [1.807, 2.05) is 6.92 Å². The monoisotopic (exact) mass is 456 g/mol. The fourth-order valence-electron chi connectivity index (χ4n) is 3.59. The van der Waals surface area contributed by atoms with Gasteiger partial charge in [0.25, 0.3) is 5.56 Å². The van der Waals surface area contributed by atoms with Crippen LogP contribution in [0.15, 0.2) is 29.1 Å². The number of ether oxygens (including phenoxy) is 3. The first-order chi connectivity index (χ1) is 15.7. The number of fused-ring (bicyclic) bond motifs is 1. The van der Waals surface area contributed by atoms with E-state index in [9.17, 15) is 9.59 Å². The second-order valence-electron chi connectivity index (χ2n) is 8.29. The zero-order valence-electron chi connectivity index (χ0n) is 20.2. The highest BCUT2D eigenvalue weighted by Gasteiger charge is 2.31. The second kappa shape index (κ2) is 10.1. The second-order valence-corrected chi connectivity index (χ2v) is 8.29. The first-order valence-corrected chi connectivity index (χ1v) is 11.2. The number of hydrogen-bond acceptors (Lipinski definition) is 7. The largest absolute Gasteiger partial charge is 0.492 e. The molecule has 2 aromatic heterocycles. The number of carbonyl (C=O) groups excluding carboxylic acids is 1. The summed E-state index contributed by atoms with van der Waals surface area (Å²) < 4.78 is 19.8. The van der Waals surface area contributed by atoms with Crippen LogP contribution in [0.25, 0.3) is 11.0 Å². The highest BCUT2D eigenvalue weighted by Crippen LogP contribution is 2.23. The molecular formula is C24H32N4O5. The Balaban J connectivity index is 1.66. The van der Waals surface area contributed by atoms with Crippen molar-refractivity contribution in [3.63, 3.8) is 0 Å². The molecule has 0 aliphatic carbocycles. The van der Waals surface area contributed by atoms with Crippen LogP contribution in [0.4, 0.5) is 0 Å². The molecule has 0 amide bonds. The summed E-state index contributed by atoms with van der Waals surface area (Å²) in [5.74, 6) is 1.36. The summed E-state index contributed by atoms with van der Waals surface area (Å²) in [5.41, 5.74) is 0.830. The minimum atomic E-state index is -1.09. The van der Waals surface area contributed by atoms with E-state index in [2.05, 4.69) is 17.0 Å². The van der Waals surface area contributed by atoms with Gasteiger partial charge >= 0.3 is 5.97 Å². The third kappa shape index (κ3) is 5.35. The molecule has 178 valence electrons. The Bertz CT molecular complexity index is 1180. The molecule has 9 nitrogen and oxygen atoms in total. The average molecular weight is 457 g/mol. The molecule has 0 N–H and O–H groups in total. The molecule has 1 aromatic carbocycles. The maximum Gasteiger partial charge on any atom is 0.349 e. The Kier molecular flexibility index (Phi) is 7.40. The van der Waals surface area contributed by atoms with E-state index in [4.69, 9.17) is 14.2 Å². The summed E-state index contributed by atoms with van der Waals surface area (Å²) in [6.07, 6.45) is 1.72. The summed E-state index contributed by atoms with van der Waals surface area (Å²) in [5, 5.41) is 4.47. The van der Waals surface area contributed by atoms with Crippen molar-refractivity contribution in [2.24, 2.45) is 7.05 Å². The predicted octanol–water partition coefficient (Wildman–Crippen LogP) is 3.19. The van der Waals surface area contributed by atoms with Gasteiger partial charge in [0.15, 0.2) is 11.1 Å². The molecular weight excluding hydrogens is 424 g/mol. The van der Waals surface area contributed by atoms with Gasteiger partial charge in [-0.05, 0) is 58.4 Å². The molecule has 3 rings (SSSR count). The van der Waals surface area contributed by atoms with Crippen LogP contribution in [0.3, 0.4) is 0 Å². The number of carbonyl (C=O) groups is 1.